The second-order valence-corrected chi connectivity index (χ2v) is 7.25. The van der Waals surface area contributed by atoms with E-state index in [0.29, 0.717) is 41.0 Å². The number of hydrogen-bond donors (Lipinski definition) is 1. The van der Waals surface area contributed by atoms with Crippen molar-refractivity contribution < 1.29 is 19.2 Å². The van der Waals surface area contributed by atoms with Crippen molar-refractivity contribution in [1.82, 2.24) is 10.2 Å². The second-order valence-electron chi connectivity index (χ2n) is 6.86. The number of allylic oxidation sites excluding steroid dienone is 1. The molecule has 152 valence electrons. The minimum absolute atomic E-state index is 0.0199. The summed E-state index contributed by atoms with van der Waals surface area (Å²) in [6.07, 6.45) is 0. The van der Waals surface area contributed by atoms with E-state index < -0.39 is 16.9 Å². The normalized spacial score (nSPS) is 17.0. The highest BCUT2D eigenvalue weighted by Crippen LogP contribution is 2.32. The topological polar surface area (TPSA) is 93.9 Å². The first-order chi connectivity index (χ1) is 13.3. The molecule has 0 aromatic heterocycles. The van der Waals surface area contributed by atoms with Crippen molar-refractivity contribution in [2.75, 3.05) is 26.9 Å². The third kappa shape index (κ3) is 5.05. The summed E-state index contributed by atoms with van der Waals surface area (Å²) in [4.78, 5) is 25.2. The van der Waals surface area contributed by atoms with Gasteiger partial charge in [-0.1, -0.05) is 13.8 Å². The smallest absolute Gasteiger partial charge is 0.338 e. The molecule has 0 saturated heterocycles. The van der Waals surface area contributed by atoms with Crippen LogP contribution < -0.4 is 5.32 Å². The van der Waals surface area contributed by atoms with E-state index >= 15 is 0 Å². The van der Waals surface area contributed by atoms with Gasteiger partial charge in [-0.3, -0.25) is 10.1 Å². The predicted octanol–water partition coefficient (Wildman–Crippen LogP) is 2.95. The number of nitrogens with zero attached hydrogens (tertiary/aromatic N) is 2. The number of non-ortho nitro benzene ring substituents is 1. The molecule has 0 bridgehead atoms. The highest BCUT2D eigenvalue weighted by molar-refractivity contribution is 7.80. The fourth-order valence-corrected chi connectivity index (χ4v) is 3.29. The van der Waals surface area contributed by atoms with Gasteiger partial charge in [0, 0.05) is 31.5 Å². The first-order valence-electron chi connectivity index (χ1n) is 8.95. The molecule has 0 fully saturated rings. The number of esters is 1. The van der Waals surface area contributed by atoms with Crippen LogP contribution in [0.1, 0.15) is 32.4 Å². The van der Waals surface area contributed by atoms with Gasteiger partial charge in [0.1, 0.15) is 6.61 Å². The Kier molecular flexibility index (Phi) is 7.47. The van der Waals surface area contributed by atoms with Crippen molar-refractivity contribution in [2.45, 2.75) is 26.8 Å². The lowest BCUT2D eigenvalue weighted by atomic mass is 9.94. The molecular formula is C19H25N3O5S. The van der Waals surface area contributed by atoms with Crippen LogP contribution in [0.15, 0.2) is 35.5 Å². The Bertz CT molecular complexity index is 776. The van der Waals surface area contributed by atoms with Gasteiger partial charge in [0.2, 0.25) is 0 Å². The third-order valence-electron chi connectivity index (χ3n) is 4.32. The standard InChI is InChI=1S/C19H25N3O5S/c1-12(2)11-21-13(3)16(18(23)27-10-9-26-4)17(20-19(21)28)14-5-7-15(8-6-14)22(24)25/h5-8,12,17H,9-11H2,1-4H3,(H,20,28)/t17-/m1/s1. The quantitative estimate of drug-likeness (QED) is 0.231. The number of ether oxygens (including phenoxy) is 2. The monoisotopic (exact) mass is 407 g/mol. The number of nitro groups is 1. The minimum atomic E-state index is -0.549. The molecule has 0 aliphatic carbocycles. The number of methoxy groups -OCH3 is 1. The number of rotatable bonds is 8. The molecule has 1 aliphatic rings. The Hall–Kier alpha value is -2.52. The van der Waals surface area contributed by atoms with Crippen LogP contribution in [0.25, 0.3) is 0 Å². The maximum atomic E-state index is 12.8. The molecule has 2 rings (SSSR count). The summed E-state index contributed by atoms with van der Waals surface area (Å²) in [5.41, 5.74) is 1.81. The molecule has 1 aromatic carbocycles. The van der Waals surface area contributed by atoms with E-state index in [1.165, 1.54) is 19.2 Å². The van der Waals surface area contributed by atoms with Gasteiger partial charge in [-0.25, -0.2) is 4.79 Å². The Morgan fingerprint density at radius 1 is 1.32 bits per heavy atom. The van der Waals surface area contributed by atoms with E-state index in [1.807, 2.05) is 11.8 Å². The maximum absolute atomic E-state index is 12.8. The van der Waals surface area contributed by atoms with Crippen molar-refractivity contribution in [1.29, 1.82) is 0 Å². The first kappa shape index (κ1) is 21.8. The van der Waals surface area contributed by atoms with Crippen LogP contribution in [0.5, 0.6) is 0 Å². The zero-order valence-electron chi connectivity index (χ0n) is 16.4. The van der Waals surface area contributed by atoms with Crippen molar-refractivity contribution in [3.8, 4) is 0 Å². The highest BCUT2D eigenvalue weighted by Gasteiger charge is 2.35. The lowest BCUT2D eigenvalue weighted by Gasteiger charge is -2.38. The predicted molar refractivity (Wildman–Crippen MR) is 109 cm³/mol. The molecule has 0 radical (unpaired) electrons. The SMILES string of the molecule is COCCOC(=O)C1=C(C)N(CC(C)C)C(=S)N[C@@H]1c1ccc([N+](=O)[O-])cc1. The van der Waals surface area contributed by atoms with Crippen LogP contribution in [-0.4, -0.2) is 47.8 Å². The summed E-state index contributed by atoms with van der Waals surface area (Å²) in [7, 11) is 1.53. The Labute approximate surface area is 169 Å². The van der Waals surface area contributed by atoms with Crippen molar-refractivity contribution in [2.24, 2.45) is 5.92 Å². The van der Waals surface area contributed by atoms with E-state index in [2.05, 4.69) is 19.2 Å². The van der Waals surface area contributed by atoms with Crippen molar-refractivity contribution >= 4 is 29.0 Å². The number of benzene rings is 1. The van der Waals surface area contributed by atoms with Crippen molar-refractivity contribution in [3.63, 3.8) is 0 Å². The molecule has 1 aliphatic heterocycles. The average molecular weight is 407 g/mol. The molecule has 0 amide bonds. The summed E-state index contributed by atoms with van der Waals surface area (Å²) in [6.45, 7) is 7.04. The van der Waals surface area contributed by atoms with Crippen LogP contribution in [0.3, 0.4) is 0 Å². The van der Waals surface area contributed by atoms with Gasteiger partial charge in [0.15, 0.2) is 5.11 Å². The summed E-state index contributed by atoms with van der Waals surface area (Å²) >= 11 is 5.51. The molecule has 8 nitrogen and oxygen atoms in total. The Morgan fingerprint density at radius 2 is 1.96 bits per heavy atom. The highest BCUT2D eigenvalue weighted by atomic mass is 32.1. The number of thiocarbonyl (C=S) groups is 1. The van der Waals surface area contributed by atoms with Gasteiger partial charge in [-0.2, -0.15) is 0 Å². The number of hydrogen-bond acceptors (Lipinski definition) is 6. The van der Waals surface area contributed by atoms with Gasteiger partial charge >= 0.3 is 5.97 Å². The largest absolute Gasteiger partial charge is 0.460 e. The van der Waals surface area contributed by atoms with Crippen LogP contribution in [-0.2, 0) is 14.3 Å². The number of nitrogens with one attached hydrogen (secondary N) is 1. The second kappa shape index (κ2) is 9.61. The van der Waals surface area contributed by atoms with E-state index in [-0.39, 0.29) is 12.3 Å². The summed E-state index contributed by atoms with van der Waals surface area (Å²) < 4.78 is 10.3. The number of carbonyl (C=O) groups excluding carboxylic acids is 1. The van der Waals surface area contributed by atoms with Gasteiger partial charge in [-0.15, -0.1) is 0 Å². The molecule has 0 saturated carbocycles. The summed E-state index contributed by atoms with van der Waals surface area (Å²) in [5.74, 6) is -0.141. The third-order valence-corrected chi connectivity index (χ3v) is 4.66. The Balaban J connectivity index is 2.43. The average Bonchev–Trinajstić information content (AvgIpc) is 2.64. The zero-order valence-corrected chi connectivity index (χ0v) is 17.2. The van der Waals surface area contributed by atoms with Crippen LogP contribution in [0, 0.1) is 16.0 Å². The first-order valence-corrected chi connectivity index (χ1v) is 9.36. The molecule has 9 heteroatoms. The van der Waals surface area contributed by atoms with Gasteiger partial charge in [0.05, 0.1) is 23.1 Å². The molecule has 1 atom stereocenters. The lowest BCUT2D eigenvalue weighted by molar-refractivity contribution is -0.384. The van der Waals surface area contributed by atoms with E-state index in [0.717, 1.165) is 0 Å². The molecular weight excluding hydrogens is 382 g/mol. The summed E-state index contributed by atoms with van der Waals surface area (Å²) in [6, 6.07) is 5.50. The van der Waals surface area contributed by atoms with E-state index in [4.69, 9.17) is 21.7 Å². The molecule has 28 heavy (non-hydrogen) atoms. The van der Waals surface area contributed by atoms with Gasteiger partial charge in [0.25, 0.3) is 5.69 Å². The van der Waals surface area contributed by atoms with E-state index in [9.17, 15) is 14.9 Å². The Morgan fingerprint density at radius 3 is 2.50 bits per heavy atom. The molecule has 0 spiro atoms. The van der Waals surface area contributed by atoms with Gasteiger partial charge in [-0.05, 0) is 42.8 Å². The number of carbonyl (C=O) groups is 1. The summed E-state index contributed by atoms with van der Waals surface area (Å²) in [5, 5.41) is 14.6. The lowest BCUT2D eigenvalue weighted by Crippen LogP contribution is -2.49. The molecule has 1 N–H and O–H groups in total. The fraction of sp³-hybridized carbons (Fsp3) is 0.474. The van der Waals surface area contributed by atoms with Crippen LogP contribution in [0.4, 0.5) is 5.69 Å². The minimum Gasteiger partial charge on any atom is -0.460 e. The molecule has 0 unspecified atom stereocenters. The number of nitro benzene ring substituents is 1. The van der Waals surface area contributed by atoms with E-state index in [1.54, 1.807) is 12.1 Å². The molecule has 1 aromatic rings. The molecule has 1 heterocycles. The fourth-order valence-electron chi connectivity index (χ4n) is 2.96. The van der Waals surface area contributed by atoms with Crippen molar-refractivity contribution in [3.05, 3.63) is 51.2 Å². The zero-order chi connectivity index (χ0) is 20.8. The van der Waals surface area contributed by atoms with Crippen LogP contribution in [0.2, 0.25) is 0 Å². The van der Waals surface area contributed by atoms with Gasteiger partial charge < -0.3 is 19.7 Å². The maximum Gasteiger partial charge on any atom is 0.338 e. The van der Waals surface area contributed by atoms with Crippen LogP contribution >= 0.6 is 12.2 Å².